The summed E-state index contributed by atoms with van der Waals surface area (Å²) in [6.45, 7) is 10.2. The Bertz CT molecular complexity index is 445. The largest absolute Gasteiger partial charge is 0.507 e. The van der Waals surface area contributed by atoms with Gasteiger partial charge in [-0.05, 0) is 26.3 Å². The number of rotatable bonds is 5. The molecule has 0 aromatic heterocycles. The highest BCUT2D eigenvalue weighted by molar-refractivity contribution is 5.39. The highest BCUT2D eigenvalue weighted by Crippen LogP contribution is 2.26. The molecule has 4 heteroatoms. The molecule has 112 valence electrons. The van der Waals surface area contributed by atoms with Crippen molar-refractivity contribution in [1.29, 1.82) is 0 Å². The van der Waals surface area contributed by atoms with Crippen LogP contribution in [0.2, 0.25) is 0 Å². The molecule has 0 unspecified atom stereocenters. The van der Waals surface area contributed by atoms with Crippen molar-refractivity contribution in [2.45, 2.75) is 39.3 Å². The van der Waals surface area contributed by atoms with Crippen LogP contribution in [0.4, 0.5) is 0 Å². The predicted octanol–water partition coefficient (Wildman–Crippen LogP) is 2.79. The molecule has 20 heavy (non-hydrogen) atoms. The third-order valence-electron chi connectivity index (χ3n) is 3.43. The summed E-state index contributed by atoms with van der Waals surface area (Å²) >= 11 is 0. The van der Waals surface area contributed by atoms with Gasteiger partial charge in [0.1, 0.15) is 11.5 Å². The quantitative estimate of drug-likeness (QED) is 0.900. The van der Waals surface area contributed by atoms with Crippen LogP contribution in [0.1, 0.15) is 32.8 Å². The molecule has 0 bridgehead atoms. The number of hydrogen-bond donors (Lipinski definition) is 1. The number of ether oxygens (including phenoxy) is 2. The standard InChI is InChI=1S/C16H25NO3/c1-4-8-19-14-6-5-13(15(18)10-14)11-17-7-9-20-16(2,3)12-17/h5-6,10,18H,4,7-9,11-12H2,1-3H3. The molecule has 0 saturated carbocycles. The lowest BCUT2D eigenvalue weighted by molar-refractivity contribution is -0.0883. The van der Waals surface area contributed by atoms with E-state index in [1.165, 1.54) is 0 Å². The number of benzene rings is 1. The summed E-state index contributed by atoms with van der Waals surface area (Å²) in [6, 6.07) is 5.58. The Labute approximate surface area is 121 Å². The van der Waals surface area contributed by atoms with E-state index < -0.39 is 0 Å². The molecular formula is C16H25NO3. The Balaban J connectivity index is 1.99. The summed E-state index contributed by atoms with van der Waals surface area (Å²) in [7, 11) is 0. The monoisotopic (exact) mass is 279 g/mol. The zero-order chi connectivity index (χ0) is 14.6. The normalized spacial score (nSPS) is 18.9. The Hall–Kier alpha value is -1.26. The van der Waals surface area contributed by atoms with Crippen molar-refractivity contribution in [3.63, 3.8) is 0 Å². The van der Waals surface area contributed by atoms with Crippen molar-refractivity contribution in [3.8, 4) is 11.5 Å². The van der Waals surface area contributed by atoms with Crippen LogP contribution in [-0.2, 0) is 11.3 Å². The van der Waals surface area contributed by atoms with E-state index in [1.54, 1.807) is 6.07 Å². The van der Waals surface area contributed by atoms with E-state index in [9.17, 15) is 5.11 Å². The van der Waals surface area contributed by atoms with Gasteiger partial charge in [0.25, 0.3) is 0 Å². The lowest BCUT2D eigenvalue weighted by Gasteiger charge is -2.38. The number of nitrogens with zero attached hydrogens (tertiary/aromatic N) is 1. The molecule has 0 spiro atoms. The van der Waals surface area contributed by atoms with Crippen molar-refractivity contribution in [2.24, 2.45) is 0 Å². The molecule has 0 aliphatic carbocycles. The van der Waals surface area contributed by atoms with E-state index in [1.807, 2.05) is 12.1 Å². The van der Waals surface area contributed by atoms with Crippen LogP contribution in [0.25, 0.3) is 0 Å². The summed E-state index contributed by atoms with van der Waals surface area (Å²) in [5.41, 5.74) is 0.824. The Morgan fingerprint density at radius 1 is 1.40 bits per heavy atom. The van der Waals surface area contributed by atoms with Gasteiger partial charge in [-0.25, -0.2) is 0 Å². The molecule has 1 aliphatic rings. The van der Waals surface area contributed by atoms with E-state index in [0.29, 0.717) is 12.4 Å². The van der Waals surface area contributed by atoms with Crippen molar-refractivity contribution >= 4 is 0 Å². The smallest absolute Gasteiger partial charge is 0.123 e. The van der Waals surface area contributed by atoms with Crippen LogP contribution in [0.5, 0.6) is 11.5 Å². The first kappa shape index (κ1) is 15.1. The van der Waals surface area contributed by atoms with Crippen LogP contribution in [0.3, 0.4) is 0 Å². The Morgan fingerprint density at radius 3 is 2.85 bits per heavy atom. The van der Waals surface area contributed by atoms with Crippen LogP contribution >= 0.6 is 0 Å². The van der Waals surface area contributed by atoms with Gasteiger partial charge in [-0.3, -0.25) is 4.90 Å². The molecule has 1 aromatic rings. The third-order valence-corrected chi connectivity index (χ3v) is 3.43. The van der Waals surface area contributed by atoms with Gasteiger partial charge in [0, 0.05) is 31.3 Å². The second-order valence-electron chi connectivity index (χ2n) is 5.96. The zero-order valence-electron chi connectivity index (χ0n) is 12.7. The van der Waals surface area contributed by atoms with Crippen molar-refractivity contribution in [3.05, 3.63) is 23.8 Å². The second-order valence-corrected chi connectivity index (χ2v) is 5.96. The fourth-order valence-corrected chi connectivity index (χ4v) is 2.48. The SMILES string of the molecule is CCCOc1ccc(CN2CCOC(C)(C)C2)c(O)c1. The molecule has 1 aromatic carbocycles. The Kier molecular flexibility index (Phi) is 4.89. The molecule has 0 radical (unpaired) electrons. The lowest BCUT2D eigenvalue weighted by atomic mass is 10.1. The minimum absolute atomic E-state index is 0.113. The number of phenolic OH excluding ortho intramolecular Hbond substituents is 1. The van der Waals surface area contributed by atoms with Gasteiger partial charge < -0.3 is 14.6 Å². The van der Waals surface area contributed by atoms with E-state index in [2.05, 4.69) is 25.7 Å². The van der Waals surface area contributed by atoms with Crippen molar-refractivity contribution in [1.82, 2.24) is 4.90 Å². The van der Waals surface area contributed by atoms with Gasteiger partial charge in [0.2, 0.25) is 0 Å². The molecular weight excluding hydrogens is 254 g/mol. The van der Waals surface area contributed by atoms with Crippen LogP contribution in [0, 0.1) is 0 Å². The van der Waals surface area contributed by atoms with Gasteiger partial charge in [-0.15, -0.1) is 0 Å². The molecule has 1 N–H and O–H groups in total. The zero-order valence-corrected chi connectivity index (χ0v) is 12.7. The van der Waals surface area contributed by atoms with Crippen LogP contribution < -0.4 is 4.74 Å². The van der Waals surface area contributed by atoms with Crippen LogP contribution in [0.15, 0.2) is 18.2 Å². The molecule has 1 aliphatic heterocycles. The maximum absolute atomic E-state index is 10.1. The topological polar surface area (TPSA) is 41.9 Å². The van der Waals surface area contributed by atoms with Gasteiger partial charge in [-0.2, -0.15) is 0 Å². The summed E-state index contributed by atoms with van der Waals surface area (Å²) in [4.78, 5) is 2.31. The first-order valence-corrected chi connectivity index (χ1v) is 7.31. The average molecular weight is 279 g/mol. The summed E-state index contributed by atoms with van der Waals surface area (Å²) in [5, 5.41) is 10.1. The predicted molar refractivity (Wildman–Crippen MR) is 79.2 cm³/mol. The van der Waals surface area contributed by atoms with E-state index in [4.69, 9.17) is 9.47 Å². The fraction of sp³-hybridized carbons (Fsp3) is 0.625. The van der Waals surface area contributed by atoms with Gasteiger partial charge in [-0.1, -0.05) is 13.0 Å². The van der Waals surface area contributed by atoms with Crippen LogP contribution in [-0.4, -0.2) is 41.9 Å². The minimum Gasteiger partial charge on any atom is -0.507 e. The average Bonchev–Trinajstić information content (AvgIpc) is 2.38. The van der Waals surface area contributed by atoms with Crippen molar-refractivity contribution in [2.75, 3.05) is 26.3 Å². The second kappa shape index (κ2) is 6.46. The lowest BCUT2D eigenvalue weighted by Crippen LogP contribution is -2.47. The molecule has 4 nitrogen and oxygen atoms in total. The highest BCUT2D eigenvalue weighted by atomic mass is 16.5. The highest BCUT2D eigenvalue weighted by Gasteiger charge is 2.27. The number of phenols is 1. The maximum Gasteiger partial charge on any atom is 0.123 e. The van der Waals surface area contributed by atoms with Gasteiger partial charge >= 0.3 is 0 Å². The first-order valence-electron chi connectivity index (χ1n) is 7.31. The van der Waals surface area contributed by atoms with E-state index in [-0.39, 0.29) is 5.60 Å². The summed E-state index contributed by atoms with van der Waals surface area (Å²) in [5.74, 6) is 1.04. The third kappa shape index (κ3) is 4.12. The Morgan fingerprint density at radius 2 is 2.20 bits per heavy atom. The van der Waals surface area contributed by atoms with Crippen molar-refractivity contribution < 1.29 is 14.6 Å². The first-order chi connectivity index (χ1) is 9.50. The fourth-order valence-electron chi connectivity index (χ4n) is 2.48. The van der Waals surface area contributed by atoms with Gasteiger partial charge in [0.05, 0.1) is 18.8 Å². The number of hydrogen-bond acceptors (Lipinski definition) is 4. The molecule has 1 saturated heterocycles. The maximum atomic E-state index is 10.1. The molecule has 2 rings (SSSR count). The molecule has 0 amide bonds. The summed E-state index contributed by atoms with van der Waals surface area (Å²) in [6.07, 6.45) is 0.964. The van der Waals surface area contributed by atoms with E-state index in [0.717, 1.165) is 44.0 Å². The number of morpholine rings is 1. The number of aromatic hydroxyl groups is 1. The van der Waals surface area contributed by atoms with E-state index >= 15 is 0 Å². The molecule has 1 fully saturated rings. The summed E-state index contributed by atoms with van der Waals surface area (Å²) < 4.78 is 11.2. The molecule has 0 atom stereocenters. The molecule has 1 heterocycles. The van der Waals surface area contributed by atoms with Gasteiger partial charge in [0.15, 0.2) is 0 Å². The minimum atomic E-state index is -0.113.